The van der Waals surface area contributed by atoms with E-state index in [9.17, 15) is 4.79 Å². The van der Waals surface area contributed by atoms with E-state index in [1.807, 2.05) is 41.9 Å². The molecule has 0 unspecified atom stereocenters. The highest BCUT2D eigenvalue weighted by Gasteiger charge is 2.12. The minimum Gasteiger partial charge on any atom is -0.354 e. The first-order chi connectivity index (χ1) is 12.2. The number of aromatic nitrogens is 2. The smallest absolute Gasteiger partial charge is 0.220 e. The van der Waals surface area contributed by atoms with Gasteiger partial charge in [0.25, 0.3) is 0 Å². The van der Waals surface area contributed by atoms with Crippen molar-refractivity contribution in [1.29, 1.82) is 0 Å². The third kappa shape index (κ3) is 4.08. The summed E-state index contributed by atoms with van der Waals surface area (Å²) in [6.45, 7) is 4.85. The molecule has 0 bridgehead atoms. The van der Waals surface area contributed by atoms with Crippen molar-refractivity contribution in [3.63, 3.8) is 0 Å². The number of nitrogens with one attached hydrogen (secondary N) is 1. The van der Waals surface area contributed by atoms with E-state index in [-0.39, 0.29) is 11.9 Å². The maximum Gasteiger partial charge on any atom is 0.220 e. The van der Waals surface area contributed by atoms with Gasteiger partial charge in [-0.05, 0) is 25.8 Å². The van der Waals surface area contributed by atoms with Gasteiger partial charge >= 0.3 is 0 Å². The Morgan fingerprint density at radius 3 is 2.60 bits per heavy atom. The number of nitrogens with zero attached hydrogens (tertiary/aromatic N) is 2. The van der Waals surface area contributed by atoms with Crippen LogP contribution in [0.1, 0.15) is 33.1 Å². The topological polar surface area (TPSA) is 46.9 Å². The van der Waals surface area contributed by atoms with Crippen molar-refractivity contribution < 1.29 is 4.79 Å². The van der Waals surface area contributed by atoms with E-state index < -0.39 is 0 Å². The lowest BCUT2D eigenvalue weighted by molar-refractivity contribution is -0.121. The fourth-order valence-corrected chi connectivity index (χ4v) is 2.95. The molecule has 4 heteroatoms. The predicted molar refractivity (Wildman–Crippen MR) is 102 cm³/mol. The number of para-hydroxylation sites is 1. The van der Waals surface area contributed by atoms with Gasteiger partial charge in [0.15, 0.2) is 0 Å². The molecule has 1 atom stereocenters. The monoisotopic (exact) mass is 335 g/mol. The number of carbonyl (C=O) groups excluding carboxylic acids is 1. The molecule has 3 aromatic rings. The number of benzene rings is 2. The molecular formula is C21H25N3O. The van der Waals surface area contributed by atoms with Gasteiger partial charge in [0, 0.05) is 30.0 Å². The molecule has 0 fully saturated rings. The third-order valence-electron chi connectivity index (χ3n) is 4.50. The number of aryl methyl sites for hydroxylation is 1. The van der Waals surface area contributed by atoms with E-state index in [4.69, 9.17) is 5.10 Å². The second-order valence-corrected chi connectivity index (χ2v) is 6.44. The Morgan fingerprint density at radius 2 is 1.84 bits per heavy atom. The van der Waals surface area contributed by atoms with E-state index >= 15 is 0 Å². The lowest BCUT2D eigenvalue weighted by atomic mass is 10.1. The fourth-order valence-electron chi connectivity index (χ4n) is 2.95. The average Bonchev–Trinajstić information content (AvgIpc) is 3.01. The van der Waals surface area contributed by atoms with Gasteiger partial charge in [-0.25, -0.2) is 0 Å². The van der Waals surface area contributed by atoms with Crippen molar-refractivity contribution in [2.45, 2.75) is 45.7 Å². The minimum absolute atomic E-state index is 0.120. The van der Waals surface area contributed by atoms with Crippen molar-refractivity contribution in [1.82, 2.24) is 15.1 Å². The van der Waals surface area contributed by atoms with Crippen LogP contribution in [0.25, 0.3) is 22.2 Å². The van der Waals surface area contributed by atoms with E-state index in [2.05, 4.69) is 36.5 Å². The van der Waals surface area contributed by atoms with Crippen LogP contribution in [0.15, 0.2) is 54.6 Å². The Balaban J connectivity index is 1.75. The second-order valence-electron chi connectivity index (χ2n) is 6.44. The maximum atomic E-state index is 12.0. The highest BCUT2D eigenvalue weighted by atomic mass is 16.1. The number of fused-ring (bicyclic) bond motifs is 1. The van der Waals surface area contributed by atoms with Crippen LogP contribution in [0.2, 0.25) is 0 Å². The van der Waals surface area contributed by atoms with Gasteiger partial charge in [0.2, 0.25) is 5.91 Å². The normalized spacial score (nSPS) is 12.2. The zero-order valence-corrected chi connectivity index (χ0v) is 14.9. The molecule has 0 aliphatic carbocycles. The molecule has 1 N–H and O–H groups in total. The molecule has 3 rings (SSSR count). The van der Waals surface area contributed by atoms with Crippen LogP contribution < -0.4 is 5.32 Å². The zero-order valence-electron chi connectivity index (χ0n) is 14.9. The summed E-state index contributed by atoms with van der Waals surface area (Å²) in [5, 5.41) is 8.98. The number of hydrogen-bond acceptors (Lipinski definition) is 2. The van der Waals surface area contributed by atoms with E-state index in [0.717, 1.165) is 41.5 Å². The quantitative estimate of drug-likeness (QED) is 0.696. The van der Waals surface area contributed by atoms with Crippen molar-refractivity contribution in [3.05, 3.63) is 54.6 Å². The molecule has 130 valence electrons. The largest absolute Gasteiger partial charge is 0.354 e. The summed E-state index contributed by atoms with van der Waals surface area (Å²) in [6.07, 6.45) is 2.26. The molecular weight excluding hydrogens is 310 g/mol. The van der Waals surface area contributed by atoms with Gasteiger partial charge in [0.1, 0.15) is 5.69 Å². The number of rotatable bonds is 7. The Labute approximate surface area is 148 Å². The van der Waals surface area contributed by atoms with E-state index in [1.54, 1.807) is 0 Å². The van der Waals surface area contributed by atoms with Crippen molar-refractivity contribution in [3.8, 4) is 11.3 Å². The van der Waals surface area contributed by atoms with Gasteiger partial charge in [0.05, 0.1) is 5.52 Å². The Morgan fingerprint density at radius 1 is 1.12 bits per heavy atom. The molecule has 0 aliphatic heterocycles. The molecule has 1 aromatic heterocycles. The van der Waals surface area contributed by atoms with Crippen molar-refractivity contribution in [2.75, 3.05) is 0 Å². The molecule has 0 spiro atoms. The van der Waals surface area contributed by atoms with Crippen LogP contribution in [-0.2, 0) is 11.3 Å². The van der Waals surface area contributed by atoms with Crippen LogP contribution in [0.4, 0.5) is 0 Å². The van der Waals surface area contributed by atoms with Gasteiger partial charge in [-0.15, -0.1) is 0 Å². The Hall–Kier alpha value is -2.62. The summed E-state index contributed by atoms with van der Waals surface area (Å²) >= 11 is 0. The van der Waals surface area contributed by atoms with E-state index in [0.29, 0.717) is 6.42 Å². The van der Waals surface area contributed by atoms with E-state index in [1.165, 1.54) is 0 Å². The Bertz CT molecular complexity index is 839. The molecule has 0 saturated heterocycles. The third-order valence-corrected chi connectivity index (χ3v) is 4.50. The summed E-state index contributed by atoms with van der Waals surface area (Å²) in [5.41, 5.74) is 3.23. The first kappa shape index (κ1) is 17.2. The van der Waals surface area contributed by atoms with Crippen LogP contribution >= 0.6 is 0 Å². The zero-order chi connectivity index (χ0) is 17.6. The highest BCUT2D eigenvalue weighted by molar-refractivity contribution is 5.93. The van der Waals surface area contributed by atoms with Gasteiger partial charge < -0.3 is 5.32 Å². The van der Waals surface area contributed by atoms with Gasteiger partial charge in [-0.2, -0.15) is 5.10 Å². The SMILES string of the molecule is CC[C@H](C)NC(=O)CCCn1nc(-c2ccccc2)c2ccccc21. The van der Waals surface area contributed by atoms with Crippen LogP contribution in [0, 0.1) is 0 Å². The molecule has 4 nitrogen and oxygen atoms in total. The molecule has 0 saturated carbocycles. The number of amides is 1. The van der Waals surface area contributed by atoms with Gasteiger partial charge in [-0.3, -0.25) is 9.48 Å². The lowest BCUT2D eigenvalue weighted by Crippen LogP contribution is -2.31. The maximum absolute atomic E-state index is 12.0. The summed E-state index contributed by atoms with van der Waals surface area (Å²) in [4.78, 5) is 12.0. The lowest BCUT2D eigenvalue weighted by Gasteiger charge is -2.11. The molecule has 2 aromatic carbocycles. The molecule has 25 heavy (non-hydrogen) atoms. The molecule has 1 heterocycles. The second kappa shape index (κ2) is 7.97. The summed E-state index contributed by atoms with van der Waals surface area (Å²) in [5.74, 6) is 0.120. The Kier molecular flexibility index (Phi) is 5.49. The van der Waals surface area contributed by atoms with Crippen LogP contribution in [-0.4, -0.2) is 21.7 Å². The van der Waals surface area contributed by atoms with Crippen LogP contribution in [0.5, 0.6) is 0 Å². The summed E-state index contributed by atoms with van der Waals surface area (Å²) in [7, 11) is 0. The standard InChI is InChI=1S/C21H25N3O/c1-3-16(2)22-20(25)14-9-15-24-19-13-8-7-12-18(19)21(23-24)17-10-5-4-6-11-17/h4-8,10-13,16H,3,9,14-15H2,1-2H3,(H,22,25)/t16-/m0/s1. The number of hydrogen-bond donors (Lipinski definition) is 1. The van der Waals surface area contributed by atoms with Crippen molar-refractivity contribution >= 4 is 16.8 Å². The van der Waals surface area contributed by atoms with Gasteiger partial charge in [-0.1, -0.05) is 55.5 Å². The van der Waals surface area contributed by atoms with Crippen LogP contribution in [0.3, 0.4) is 0 Å². The summed E-state index contributed by atoms with van der Waals surface area (Å²) in [6, 6.07) is 18.7. The molecule has 1 amide bonds. The van der Waals surface area contributed by atoms with Crippen molar-refractivity contribution in [2.24, 2.45) is 0 Å². The number of carbonyl (C=O) groups is 1. The minimum atomic E-state index is 0.120. The predicted octanol–water partition coefficient (Wildman–Crippen LogP) is 4.40. The fraction of sp³-hybridized carbons (Fsp3) is 0.333. The first-order valence-corrected chi connectivity index (χ1v) is 8.99. The summed E-state index contributed by atoms with van der Waals surface area (Å²) < 4.78 is 2.02. The molecule has 0 radical (unpaired) electrons. The molecule has 0 aliphatic rings. The highest BCUT2D eigenvalue weighted by Crippen LogP contribution is 2.27. The first-order valence-electron chi connectivity index (χ1n) is 8.99. The average molecular weight is 335 g/mol.